The number of aryl methyl sites for hydroxylation is 1. The maximum Gasteiger partial charge on any atom is 0.331 e. The van der Waals surface area contributed by atoms with Gasteiger partial charge in [0.15, 0.2) is 11.3 Å². The van der Waals surface area contributed by atoms with Crippen molar-refractivity contribution in [3.05, 3.63) is 17.6 Å². The predicted octanol–water partition coefficient (Wildman–Crippen LogP) is 0.0578. The number of sulfonamides is 1. The standard InChI is InChI=1S/C13H20N2O7S/c1-8-10(23(19,20)15(3)4)6-9(22-8)11(16)14-13(2,7-21-5)12(17)18/h6H,7H2,1-5H3,(H,14,16)(H,17,18). The molecule has 0 aromatic carbocycles. The molecule has 0 bridgehead atoms. The van der Waals surface area contributed by atoms with Gasteiger partial charge in [-0.05, 0) is 13.8 Å². The molecule has 0 spiro atoms. The Bertz CT molecular complexity index is 708. The lowest BCUT2D eigenvalue weighted by molar-refractivity contribution is -0.145. The number of nitrogens with zero attached hydrogens (tertiary/aromatic N) is 1. The number of carboxylic acids is 1. The van der Waals surface area contributed by atoms with Gasteiger partial charge in [0.25, 0.3) is 5.91 Å². The van der Waals surface area contributed by atoms with Gasteiger partial charge in [0.05, 0.1) is 6.61 Å². The Kier molecular flexibility index (Phi) is 5.56. The number of carbonyl (C=O) groups is 2. The number of hydrogen-bond donors (Lipinski definition) is 2. The van der Waals surface area contributed by atoms with Crippen molar-refractivity contribution >= 4 is 21.9 Å². The highest BCUT2D eigenvalue weighted by molar-refractivity contribution is 7.89. The van der Waals surface area contributed by atoms with Crippen LogP contribution >= 0.6 is 0 Å². The molecule has 23 heavy (non-hydrogen) atoms. The van der Waals surface area contributed by atoms with E-state index in [2.05, 4.69) is 5.32 Å². The van der Waals surface area contributed by atoms with Crippen LogP contribution in [0.2, 0.25) is 0 Å². The zero-order valence-electron chi connectivity index (χ0n) is 13.5. The zero-order valence-corrected chi connectivity index (χ0v) is 14.4. The number of hydrogen-bond acceptors (Lipinski definition) is 6. The Morgan fingerprint density at radius 3 is 2.43 bits per heavy atom. The fraction of sp³-hybridized carbons (Fsp3) is 0.538. The van der Waals surface area contributed by atoms with Crippen LogP contribution in [0.5, 0.6) is 0 Å². The number of ether oxygens (including phenoxy) is 1. The van der Waals surface area contributed by atoms with E-state index in [1.807, 2.05) is 0 Å². The topological polar surface area (TPSA) is 126 Å². The normalized spacial score (nSPS) is 14.5. The molecule has 0 fully saturated rings. The van der Waals surface area contributed by atoms with Crippen molar-refractivity contribution in [3.63, 3.8) is 0 Å². The smallest absolute Gasteiger partial charge is 0.331 e. The summed E-state index contributed by atoms with van der Waals surface area (Å²) in [6.45, 7) is 2.40. The largest absolute Gasteiger partial charge is 0.479 e. The van der Waals surface area contributed by atoms with Crippen LogP contribution in [-0.2, 0) is 19.6 Å². The Hall–Kier alpha value is -1.91. The number of amides is 1. The summed E-state index contributed by atoms with van der Waals surface area (Å²) in [6, 6.07) is 1.06. The van der Waals surface area contributed by atoms with E-state index in [1.165, 1.54) is 35.1 Å². The van der Waals surface area contributed by atoms with Crippen LogP contribution in [0, 0.1) is 6.92 Å². The van der Waals surface area contributed by atoms with Gasteiger partial charge in [-0.1, -0.05) is 0 Å². The van der Waals surface area contributed by atoms with E-state index in [0.717, 1.165) is 10.4 Å². The summed E-state index contributed by atoms with van der Waals surface area (Å²) in [4.78, 5) is 23.3. The van der Waals surface area contributed by atoms with Crippen molar-refractivity contribution in [1.29, 1.82) is 0 Å². The molecule has 1 aromatic heterocycles. The number of carbonyl (C=O) groups excluding carboxylic acids is 1. The van der Waals surface area contributed by atoms with Gasteiger partial charge in [-0.2, -0.15) is 0 Å². The predicted molar refractivity (Wildman–Crippen MR) is 79.7 cm³/mol. The van der Waals surface area contributed by atoms with Crippen LogP contribution in [0.4, 0.5) is 0 Å². The number of carboxylic acid groups (broad SMARTS) is 1. The number of aliphatic carboxylic acids is 1. The Morgan fingerprint density at radius 2 is 2.00 bits per heavy atom. The first-order valence-corrected chi connectivity index (χ1v) is 7.97. The first-order valence-electron chi connectivity index (χ1n) is 6.53. The summed E-state index contributed by atoms with van der Waals surface area (Å²) in [7, 11) is 0.223. The summed E-state index contributed by atoms with van der Waals surface area (Å²) >= 11 is 0. The second kappa shape index (κ2) is 6.69. The maximum absolute atomic E-state index is 12.2. The van der Waals surface area contributed by atoms with Gasteiger partial charge in [-0.3, -0.25) is 4.79 Å². The minimum absolute atomic E-state index is 0.0348. The van der Waals surface area contributed by atoms with Gasteiger partial charge in [0, 0.05) is 27.3 Å². The highest BCUT2D eigenvalue weighted by Gasteiger charge is 2.36. The van der Waals surface area contributed by atoms with Crippen molar-refractivity contribution in [2.75, 3.05) is 27.8 Å². The maximum atomic E-state index is 12.2. The number of furan rings is 1. The number of rotatable bonds is 7. The average molecular weight is 348 g/mol. The summed E-state index contributed by atoms with van der Waals surface area (Å²) < 4.78 is 35.2. The molecule has 1 aromatic rings. The number of methoxy groups -OCH3 is 1. The lowest BCUT2D eigenvalue weighted by Gasteiger charge is -2.24. The monoisotopic (exact) mass is 348 g/mol. The van der Waals surface area contributed by atoms with Crippen LogP contribution in [0.25, 0.3) is 0 Å². The molecule has 0 saturated carbocycles. The average Bonchev–Trinajstić information content (AvgIpc) is 2.81. The first kappa shape index (κ1) is 19.1. The van der Waals surface area contributed by atoms with E-state index in [9.17, 15) is 23.1 Å². The summed E-state index contributed by atoms with van der Waals surface area (Å²) in [6.07, 6.45) is 0. The van der Waals surface area contributed by atoms with Crippen LogP contribution in [0.3, 0.4) is 0 Å². The summed E-state index contributed by atoms with van der Waals surface area (Å²) in [5.41, 5.74) is -1.67. The van der Waals surface area contributed by atoms with Gasteiger partial charge in [0.1, 0.15) is 10.7 Å². The third-order valence-corrected chi connectivity index (χ3v) is 5.07. The molecule has 10 heteroatoms. The summed E-state index contributed by atoms with van der Waals surface area (Å²) in [5.74, 6) is -2.41. The molecule has 0 saturated heterocycles. The van der Waals surface area contributed by atoms with Crippen molar-refractivity contribution in [3.8, 4) is 0 Å². The van der Waals surface area contributed by atoms with Gasteiger partial charge in [-0.25, -0.2) is 17.5 Å². The SMILES string of the molecule is COCC(C)(NC(=O)c1cc(S(=O)(=O)N(C)C)c(C)o1)C(=O)O. The Morgan fingerprint density at radius 1 is 1.43 bits per heavy atom. The second-order valence-corrected chi connectivity index (χ2v) is 7.46. The summed E-state index contributed by atoms with van der Waals surface area (Å²) in [5, 5.41) is 11.5. The molecule has 1 heterocycles. The fourth-order valence-electron chi connectivity index (χ4n) is 1.78. The molecule has 0 aliphatic carbocycles. The third kappa shape index (κ3) is 3.89. The molecule has 1 rings (SSSR count). The number of nitrogens with one attached hydrogen (secondary N) is 1. The van der Waals surface area contributed by atoms with Crippen LogP contribution in [0.1, 0.15) is 23.2 Å². The molecular weight excluding hydrogens is 328 g/mol. The van der Waals surface area contributed by atoms with Gasteiger partial charge in [-0.15, -0.1) is 0 Å². The molecule has 9 nitrogen and oxygen atoms in total. The van der Waals surface area contributed by atoms with E-state index in [1.54, 1.807) is 0 Å². The second-order valence-electron chi connectivity index (χ2n) is 5.34. The Labute approximate surface area is 134 Å². The van der Waals surface area contributed by atoms with E-state index in [0.29, 0.717) is 0 Å². The molecular formula is C13H20N2O7S. The highest BCUT2D eigenvalue weighted by Crippen LogP contribution is 2.22. The molecule has 1 atom stereocenters. The highest BCUT2D eigenvalue weighted by atomic mass is 32.2. The minimum atomic E-state index is -3.77. The third-order valence-electron chi connectivity index (χ3n) is 3.15. The molecule has 1 amide bonds. The van der Waals surface area contributed by atoms with Crippen molar-refractivity contribution in [2.24, 2.45) is 0 Å². The van der Waals surface area contributed by atoms with Gasteiger partial charge >= 0.3 is 5.97 Å². The lowest BCUT2D eigenvalue weighted by atomic mass is 10.0. The quantitative estimate of drug-likeness (QED) is 0.713. The molecule has 0 aliphatic rings. The lowest BCUT2D eigenvalue weighted by Crippen LogP contribution is -2.55. The molecule has 130 valence electrons. The zero-order chi connectivity index (χ0) is 18.0. The minimum Gasteiger partial charge on any atom is -0.479 e. The first-order chi connectivity index (χ1) is 10.5. The Balaban J connectivity index is 3.15. The van der Waals surface area contributed by atoms with Crippen molar-refractivity contribution in [2.45, 2.75) is 24.3 Å². The molecule has 0 radical (unpaired) electrons. The van der Waals surface area contributed by atoms with E-state index in [-0.39, 0.29) is 23.0 Å². The van der Waals surface area contributed by atoms with Crippen molar-refractivity contribution < 1.29 is 32.3 Å². The van der Waals surface area contributed by atoms with E-state index < -0.39 is 27.4 Å². The van der Waals surface area contributed by atoms with Crippen LogP contribution < -0.4 is 5.32 Å². The molecule has 1 unspecified atom stereocenters. The van der Waals surface area contributed by atoms with Crippen molar-refractivity contribution in [1.82, 2.24) is 9.62 Å². The molecule has 0 aliphatic heterocycles. The van der Waals surface area contributed by atoms with Crippen LogP contribution in [-0.4, -0.2) is 63.1 Å². The van der Waals surface area contributed by atoms with Crippen LogP contribution in [0.15, 0.2) is 15.4 Å². The van der Waals surface area contributed by atoms with E-state index >= 15 is 0 Å². The fourth-order valence-corrected chi connectivity index (χ4v) is 2.84. The van der Waals surface area contributed by atoms with E-state index in [4.69, 9.17) is 9.15 Å². The van der Waals surface area contributed by atoms with Gasteiger partial charge < -0.3 is 19.6 Å². The van der Waals surface area contributed by atoms with Gasteiger partial charge in [0.2, 0.25) is 10.0 Å². The molecule has 2 N–H and O–H groups in total.